The number of benzene rings is 1. The van der Waals surface area contributed by atoms with Crippen LogP contribution >= 0.6 is 0 Å². The number of carbonyl (C=O) groups is 1. The van der Waals surface area contributed by atoms with Crippen LogP contribution in [0.1, 0.15) is 18.9 Å². The van der Waals surface area contributed by atoms with Gasteiger partial charge in [0.15, 0.2) is 16.9 Å². The Morgan fingerprint density at radius 3 is 2.50 bits per heavy atom. The second kappa shape index (κ2) is 11.0. The van der Waals surface area contributed by atoms with Crippen LogP contribution in [0.25, 0.3) is 11.0 Å². The van der Waals surface area contributed by atoms with Crippen LogP contribution in [0.2, 0.25) is 0 Å². The molecule has 6 N–H and O–H groups in total. The van der Waals surface area contributed by atoms with Crippen molar-refractivity contribution in [2.45, 2.75) is 49.5 Å². The summed E-state index contributed by atoms with van der Waals surface area (Å²) in [5, 5.41) is 69.8. The van der Waals surface area contributed by atoms with E-state index in [2.05, 4.69) is 0 Å². The number of hydrogen-bond donors (Lipinski definition) is 6. The Bertz CT molecular complexity index is 1510. The van der Waals surface area contributed by atoms with Gasteiger partial charge in [0, 0.05) is 28.6 Å². The summed E-state index contributed by atoms with van der Waals surface area (Å²) in [4.78, 5) is 12.3. The third-order valence-corrected chi connectivity index (χ3v) is 10.2. The molecule has 6 rings (SSSR count). The molecular formula is C32H38O12. The zero-order valence-electron chi connectivity index (χ0n) is 24.5. The molecule has 4 bridgehead atoms. The van der Waals surface area contributed by atoms with Crippen molar-refractivity contribution in [2.24, 2.45) is 22.7 Å². The Hall–Kier alpha value is -3.23. The van der Waals surface area contributed by atoms with Gasteiger partial charge in [-0.1, -0.05) is 36.5 Å². The zero-order valence-corrected chi connectivity index (χ0v) is 24.5. The molecule has 44 heavy (non-hydrogen) atoms. The maximum Gasteiger partial charge on any atom is 0.306 e. The molecule has 12 heteroatoms. The first-order chi connectivity index (χ1) is 21.1. The van der Waals surface area contributed by atoms with Crippen molar-refractivity contribution in [3.63, 3.8) is 0 Å². The standard InChI is InChI=1S/C32H38O12/c1-3-41-23(36)8-7-18-14-19-10-13-42-24(19)26(40-2)25(18)44-28-32(39)27(37)31(38,22(15-33)43-28)21-9-12-29(16-34,17-35)30(32)11-5-4-6-20(21)30/h4-6,9-14,20-22,27-28,33-35,37-39H,3,7-8,15-17H2,1-2H3/t20-,21+,22+,27-,28-,30+,31-,32-/m0/s1. The van der Waals surface area contributed by atoms with Gasteiger partial charge in [0.25, 0.3) is 0 Å². The number of fused-ring (bicyclic) bond motifs is 4. The topological polar surface area (TPSA) is 189 Å². The third-order valence-electron chi connectivity index (χ3n) is 10.2. The molecule has 0 spiro atoms. The number of aliphatic hydroxyl groups is 6. The minimum Gasteiger partial charge on any atom is -0.490 e. The van der Waals surface area contributed by atoms with E-state index in [1.807, 2.05) is 0 Å². The molecule has 4 aliphatic rings. The molecule has 12 nitrogen and oxygen atoms in total. The number of hydrogen-bond acceptors (Lipinski definition) is 12. The summed E-state index contributed by atoms with van der Waals surface area (Å²) >= 11 is 0. The van der Waals surface area contributed by atoms with Crippen molar-refractivity contribution in [3.8, 4) is 11.5 Å². The van der Waals surface area contributed by atoms with E-state index in [0.717, 1.165) is 0 Å². The van der Waals surface area contributed by atoms with Gasteiger partial charge in [-0.3, -0.25) is 4.79 Å². The van der Waals surface area contributed by atoms with Crippen LogP contribution in [0, 0.1) is 22.7 Å². The molecule has 1 saturated heterocycles. The second-order valence-corrected chi connectivity index (χ2v) is 11.9. The van der Waals surface area contributed by atoms with E-state index >= 15 is 0 Å². The van der Waals surface area contributed by atoms with Gasteiger partial charge in [-0.05, 0) is 37.0 Å². The molecule has 1 aliphatic heterocycles. The third kappa shape index (κ3) is 3.79. The van der Waals surface area contributed by atoms with E-state index in [0.29, 0.717) is 16.5 Å². The van der Waals surface area contributed by atoms with Gasteiger partial charge in [0.05, 0.1) is 39.8 Å². The number of methoxy groups -OCH3 is 1. The molecule has 2 fully saturated rings. The normalized spacial score (nSPS) is 36.2. The lowest BCUT2D eigenvalue weighted by molar-refractivity contribution is -0.421. The van der Waals surface area contributed by atoms with Crippen LogP contribution in [0.5, 0.6) is 11.5 Å². The Labute approximate surface area is 253 Å². The molecule has 1 saturated carbocycles. The SMILES string of the molecule is CCOC(=O)CCc1cc2ccoc2c(OC)c1O[C@@H]1O[C@H](CO)[C@@]2(O)[C@@H]3C=CC(CO)(CO)[C@]4(C=CC=C[C@@H]34)[C@]1(O)[C@H]2O. The van der Waals surface area contributed by atoms with Gasteiger partial charge in [-0.25, -0.2) is 0 Å². The first-order valence-corrected chi connectivity index (χ1v) is 14.7. The fraction of sp³-hybridized carbons (Fsp3) is 0.531. The largest absolute Gasteiger partial charge is 0.490 e. The van der Waals surface area contributed by atoms with Crippen LogP contribution in [-0.2, 0) is 20.7 Å². The molecule has 0 unspecified atom stereocenters. The summed E-state index contributed by atoms with van der Waals surface area (Å²) in [7, 11) is 1.39. The molecule has 3 aliphatic carbocycles. The van der Waals surface area contributed by atoms with E-state index in [1.165, 1.54) is 13.4 Å². The summed E-state index contributed by atoms with van der Waals surface area (Å²) in [6.45, 7) is -0.0817. The van der Waals surface area contributed by atoms with Crippen molar-refractivity contribution >= 4 is 16.9 Å². The number of aryl methyl sites for hydroxylation is 1. The lowest BCUT2D eigenvalue weighted by atomic mass is 9.36. The Balaban J connectivity index is 1.56. The quantitative estimate of drug-likeness (QED) is 0.163. The smallest absolute Gasteiger partial charge is 0.306 e. The molecule has 238 valence electrons. The van der Waals surface area contributed by atoms with E-state index in [4.69, 9.17) is 23.4 Å². The van der Waals surface area contributed by atoms with Crippen LogP contribution in [0.3, 0.4) is 0 Å². The fourth-order valence-corrected chi connectivity index (χ4v) is 8.10. The Morgan fingerprint density at radius 2 is 1.82 bits per heavy atom. The molecular weight excluding hydrogens is 576 g/mol. The average Bonchev–Trinajstić information content (AvgIpc) is 3.51. The van der Waals surface area contributed by atoms with Gasteiger partial charge in [-0.15, -0.1) is 0 Å². The lowest BCUT2D eigenvalue weighted by Gasteiger charge is -2.73. The predicted octanol–water partition coefficient (Wildman–Crippen LogP) is 0.755. The van der Waals surface area contributed by atoms with E-state index in [1.54, 1.807) is 55.5 Å². The van der Waals surface area contributed by atoms with Crippen molar-refractivity contribution in [3.05, 3.63) is 60.4 Å². The van der Waals surface area contributed by atoms with Crippen LogP contribution in [0.15, 0.2) is 59.3 Å². The summed E-state index contributed by atoms with van der Waals surface area (Å²) in [6.07, 6.45) is 6.20. The molecule has 8 atom stereocenters. The molecule has 2 aromatic rings. The van der Waals surface area contributed by atoms with E-state index in [9.17, 15) is 35.4 Å². The van der Waals surface area contributed by atoms with E-state index < -0.39 is 78.2 Å². The first-order valence-electron chi connectivity index (χ1n) is 14.7. The highest BCUT2D eigenvalue weighted by molar-refractivity contribution is 5.87. The van der Waals surface area contributed by atoms with Crippen molar-refractivity contribution < 1.29 is 58.8 Å². The van der Waals surface area contributed by atoms with Crippen LogP contribution in [0.4, 0.5) is 0 Å². The number of rotatable bonds is 10. The predicted molar refractivity (Wildman–Crippen MR) is 153 cm³/mol. The van der Waals surface area contributed by atoms with Crippen LogP contribution < -0.4 is 9.47 Å². The minimum atomic E-state index is -2.53. The summed E-state index contributed by atoms with van der Waals surface area (Å²) < 4.78 is 29.2. The van der Waals surface area contributed by atoms with Gasteiger partial charge in [-0.2, -0.15) is 0 Å². The number of allylic oxidation sites excluding steroid dienone is 3. The van der Waals surface area contributed by atoms with Crippen molar-refractivity contribution in [1.29, 1.82) is 0 Å². The summed E-state index contributed by atoms with van der Waals surface area (Å²) in [5.74, 6) is -1.94. The highest BCUT2D eigenvalue weighted by Crippen LogP contribution is 2.70. The fourth-order valence-electron chi connectivity index (χ4n) is 8.10. The van der Waals surface area contributed by atoms with Gasteiger partial charge in [0.1, 0.15) is 17.8 Å². The Morgan fingerprint density at radius 1 is 1.05 bits per heavy atom. The van der Waals surface area contributed by atoms with Gasteiger partial charge < -0.3 is 54.0 Å². The average molecular weight is 615 g/mol. The molecule has 0 radical (unpaired) electrons. The highest BCUT2D eigenvalue weighted by Gasteiger charge is 2.83. The van der Waals surface area contributed by atoms with Crippen LogP contribution in [-0.4, -0.2) is 99.8 Å². The maximum atomic E-state index is 13.0. The maximum absolute atomic E-state index is 13.0. The number of ether oxygens (including phenoxy) is 4. The molecule has 0 amide bonds. The molecule has 2 heterocycles. The van der Waals surface area contributed by atoms with E-state index in [-0.39, 0.29) is 30.9 Å². The number of aliphatic hydroxyl groups excluding tert-OH is 4. The molecule has 1 aromatic heterocycles. The van der Waals surface area contributed by atoms with Gasteiger partial charge in [0.2, 0.25) is 12.0 Å². The molecule has 1 aromatic carbocycles. The monoisotopic (exact) mass is 614 g/mol. The second-order valence-electron chi connectivity index (χ2n) is 11.9. The zero-order chi connectivity index (χ0) is 31.5. The van der Waals surface area contributed by atoms with Crippen molar-refractivity contribution in [1.82, 2.24) is 0 Å². The summed E-state index contributed by atoms with van der Waals surface area (Å²) in [5.41, 5.74) is -7.15. The number of carbonyl (C=O) groups excluding carboxylic acids is 1. The summed E-state index contributed by atoms with van der Waals surface area (Å²) in [6, 6.07) is 3.44. The first kappa shape index (κ1) is 30.8. The Kier molecular flexibility index (Phi) is 7.68. The van der Waals surface area contributed by atoms with Gasteiger partial charge >= 0.3 is 5.97 Å². The lowest BCUT2D eigenvalue weighted by Crippen LogP contribution is -2.88. The number of furan rings is 1. The number of esters is 1. The minimum absolute atomic E-state index is 0.0156. The van der Waals surface area contributed by atoms with Crippen molar-refractivity contribution in [2.75, 3.05) is 33.5 Å². The highest BCUT2D eigenvalue weighted by atomic mass is 16.7.